The van der Waals surface area contributed by atoms with Crippen molar-refractivity contribution in [2.24, 2.45) is 5.73 Å². The average Bonchev–Trinajstić information content (AvgIpc) is 2.41. The van der Waals surface area contributed by atoms with Crippen molar-refractivity contribution in [1.82, 2.24) is 4.90 Å². The molecule has 1 amide bonds. The van der Waals surface area contributed by atoms with Gasteiger partial charge in [0.15, 0.2) is 0 Å². The fraction of sp³-hybridized carbons (Fsp3) is 0.500. The molecule has 0 saturated carbocycles. The standard InChI is InChI=1S/C14H20N2O3/c1-16(10-11-4-2-3-5-12(11)17)13(18)14(15)6-8-19-9-7-14/h2-5,17H,6-10,15H2,1H3. The van der Waals surface area contributed by atoms with Gasteiger partial charge < -0.3 is 20.5 Å². The van der Waals surface area contributed by atoms with Crippen LogP contribution >= 0.6 is 0 Å². The first-order valence-corrected chi connectivity index (χ1v) is 6.42. The van der Waals surface area contributed by atoms with Gasteiger partial charge in [-0.05, 0) is 18.9 Å². The topological polar surface area (TPSA) is 75.8 Å². The van der Waals surface area contributed by atoms with Crippen LogP contribution in [0.15, 0.2) is 24.3 Å². The monoisotopic (exact) mass is 264 g/mol. The van der Waals surface area contributed by atoms with Crippen LogP contribution in [0.3, 0.4) is 0 Å². The zero-order valence-electron chi connectivity index (χ0n) is 11.1. The highest BCUT2D eigenvalue weighted by molar-refractivity contribution is 5.86. The molecule has 104 valence electrons. The van der Waals surface area contributed by atoms with E-state index in [1.54, 1.807) is 30.1 Å². The summed E-state index contributed by atoms with van der Waals surface area (Å²) in [6.07, 6.45) is 1.08. The lowest BCUT2D eigenvalue weighted by Crippen LogP contribution is -2.57. The van der Waals surface area contributed by atoms with Crippen molar-refractivity contribution >= 4 is 5.91 Å². The lowest BCUT2D eigenvalue weighted by atomic mass is 9.89. The number of hydrogen-bond acceptors (Lipinski definition) is 4. The van der Waals surface area contributed by atoms with Gasteiger partial charge in [-0.25, -0.2) is 0 Å². The molecule has 1 aromatic rings. The molecule has 1 heterocycles. The Morgan fingerprint density at radius 3 is 2.68 bits per heavy atom. The van der Waals surface area contributed by atoms with Crippen LogP contribution < -0.4 is 5.73 Å². The molecular formula is C14H20N2O3. The molecule has 3 N–H and O–H groups in total. The fourth-order valence-corrected chi connectivity index (χ4v) is 2.30. The third-order valence-corrected chi connectivity index (χ3v) is 3.56. The summed E-state index contributed by atoms with van der Waals surface area (Å²) in [5.74, 6) is 0.0965. The Bertz CT molecular complexity index is 456. The zero-order chi connectivity index (χ0) is 13.9. The number of ether oxygens (including phenoxy) is 1. The molecule has 1 fully saturated rings. The van der Waals surface area contributed by atoms with Crippen LogP contribution in [-0.2, 0) is 16.1 Å². The number of rotatable bonds is 3. The first-order chi connectivity index (χ1) is 9.03. The van der Waals surface area contributed by atoms with Crippen molar-refractivity contribution in [3.63, 3.8) is 0 Å². The molecule has 0 aromatic heterocycles. The third kappa shape index (κ3) is 3.05. The molecule has 1 aromatic carbocycles. The van der Waals surface area contributed by atoms with Gasteiger partial charge in [0.2, 0.25) is 5.91 Å². The number of nitrogens with zero attached hydrogens (tertiary/aromatic N) is 1. The summed E-state index contributed by atoms with van der Waals surface area (Å²) in [4.78, 5) is 14.0. The highest BCUT2D eigenvalue weighted by atomic mass is 16.5. The molecule has 1 aliphatic rings. The molecule has 0 atom stereocenters. The van der Waals surface area contributed by atoms with Gasteiger partial charge in [-0.3, -0.25) is 4.79 Å². The van der Waals surface area contributed by atoms with Gasteiger partial charge in [-0.15, -0.1) is 0 Å². The van der Waals surface area contributed by atoms with E-state index in [1.165, 1.54) is 0 Å². The Hall–Kier alpha value is -1.59. The Balaban J connectivity index is 2.05. The molecule has 1 saturated heterocycles. The van der Waals surface area contributed by atoms with Gasteiger partial charge in [-0.2, -0.15) is 0 Å². The number of hydrogen-bond donors (Lipinski definition) is 2. The number of aromatic hydroxyl groups is 1. The van der Waals surface area contributed by atoms with E-state index >= 15 is 0 Å². The van der Waals surface area contributed by atoms with Crippen LogP contribution in [0.5, 0.6) is 5.75 Å². The molecular weight excluding hydrogens is 244 g/mol. The van der Waals surface area contributed by atoms with Crippen LogP contribution in [0, 0.1) is 0 Å². The molecule has 0 aliphatic carbocycles. The van der Waals surface area contributed by atoms with Crippen molar-refractivity contribution < 1.29 is 14.6 Å². The van der Waals surface area contributed by atoms with Gasteiger partial charge in [0.1, 0.15) is 5.75 Å². The number of para-hydroxylation sites is 1. The molecule has 0 unspecified atom stereocenters. The van der Waals surface area contributed by atoms with Crippen LogP contribution in [0.2, 0.25) is 0 Å². The highest BCUT2D eigenvalue weighted by Crippen LogP contribution is 2.23. The Morgan fingerprint density at radius 1 is 1.42 bits per heavy atom. The van der Waals surface area contributed by atoms with Gasteiger partial charge >= 0.3 is 0 Å². The molecule has 0 bridgehead atoms. The summed E-state index contributed by atoms with van der Waals surface area (Å²) in [5, 5.41) is 9.73. The lowest BCUT2D eigenvalue weighted by molar-refractivity contribution is -0.139. The summed E-state index contributed by atoms with van der Waals surface area (Å²) in [7, 11) is 1.71. The van der Waals surface area contributed by atoms with Crippen LogP contribution in [0.25, 0.3) is 0 Å². The van der Waals surface area contributed by atoms with Gasteiger partial charge in [0, 0.05) is 32.4 Å². The first-order valence-electron chi connectivity index (χ1n) is 6.42. The fourth-order valence-electron chi connectivity index (χ4n) is 2.30. The second-order valence-electron chi connectivity index (χ2n) is 5.06. The molecule has 19 heavy (non-hydrogen) atoms. The second-order valence-corrected chi connectivity index (χ2v) is 5.06. The maximum atomic E-state index is 12.4. The van der Waals surface area contributed by atoms with E-state index in [0.717, 1.165) is 0 Å². The lowest BCUT2D eigenvalue weighted by Gasteiger charge is -2.35. The third-order valence-electron chi connectivity index (χ3n) is 3.56. The van der Waals surface area contributed by atoms with E-state index < -0.39 is 5.54 Å². The van der Waals surface area contributed by atoms with Crippen molar-refractivity contribution in [3.8, 4) is 5.75 Å². The Kier molecular flexibility index (Phi) is 4.07. The quantitative estimate of drug-likeness (QED) is 0.849. The zero-order valence-corrected chi connectivity index (χ0v) is 11.1. The number of carbonyl (C=O) groups is 1. The van der Waals surface area contributed by atoms with Crippen LogP contribution in [-0.4, -0.2) is 41.7 Å². The maximum Gasteiger partial charge on any atom is 0.242 e. The number of phenols is 1. The van der Waals surface area contributed by atoms with Crippen molar-refractivity contribution in [3.05, 3.63) is 29.8 Å². The summed E-state index contributed by atoms with van der Waals surface area (Å²) in [6, 6.07) is 7.00. The summed E-state index contributed by atoms with van der Waals surface area (Å²) in [6.45, 7) is 1.39. The van der Waals surface area contributed by atoms with E-state index in [2.05, 4.69) is 0 Å². The van der Waals surface area contributed by atoms with Crippen molar-refractivity contribution in [2.75, 3.05) is 20.3 Å². The number of likely N-dealkylation sites (N-methyl/N-ethyl adjacent to an activating group) is 1. The number of phenolic OH excluding ortho intramolecular Hbond substituents is 1. The molecule has 0 spiro atoms. The Labute approximate surface area is 113 Å². The largest absolute Gasteiger partial charge is 0.508 e. The highest BCUT2D eigenvalue weighted by Gasteiger charge is 2.37. The normalized spacial score (nSPS) is 18.0. The molecule has 2 rings (SSSR count). The predicted octanol–water partition coefficient (Wildman–Crippen LogP) is 0.858. The predicted molar refractivity (Wildman–Crippen MR) is 71.6 cm³/mol. The maximum absolute atomic E-state index is 12.4. The minimum Gasteiger partial charge on any atom is -0.508 e. The van der Waals surface area contributed by atoms with E-state index in [1.807, 2.05) is 6.07 Å². The van der Waals surface area contributed by atoms with E-state index in [-0.39, 0.29) is 11.7 Å². The summed E-state index contributed by atoms with van der Waals surface area (Å²) < 4.78 is 5.24. The van der Waals surface area contributed by atoms with Gasteiger partial charge in [0.05, 0.1) is 5.54 Å². The van der Waals surface area contributed by atoms with Crippen LogP contribution in [0.4, 0.5) is 0 Å². The smallest absolute Gasteiger partial charge is 0.242 e. The van der Waals surface area contributed by atoms with E-state index in [9.17, 15) is 9.90 Å². The van der Waals surface area contributed by atoms with E-state index in [0.29, 0.717) is 38.2 Å². The second kappa shape index (κ2) is 5.59. The van der Waals surface area contributed by atoms with E-state index in [4.69, 9.17) is 10.5 Å². The molecule has 1 aliphatic heterocycles. The molecule has 5 heteroatoms. The van der Waals surface area contributed by atoms with Crippen molar-refractivity contribution in [2.45, 2.75) is 24.9 Å². The molecule has 5 nitrogen and oxygen atoms in total. The summed E-state index contributed by atoms with van der Waals surface area (Å²) >= 11 is 0. The number of amides is 1. The number of nitrogens with two attached hydrogens (primary N) is 1. The van der Waals surface area contributed by atoms with Gasteiger partial charge in [0.25, 0.3) is 0 Å². The van der Waals surface area contributed by atoms with Crippen LogP contribution in [0.1, 0.15) is 18.4 Å². The number of carbonyl (C=O) groups excluding carboxylic acids is 1. The first kappa shape index (κ1) is 13.8. The summed E-state index contributed by atoms with van der Waals surface area (Å²) in [5.41, 5.74) is 6.04. The number of benzene rings is 1. The minimum absolute atomic E-state index is 0.0981. The molecule has 0 radical (unpaired) electrons. The minimum atomic E-state index is -0.836. The van der Waals surface area contributed by atoms with Gasteiger partial charge in [-0.1, -0.05) is 18.2 Å². The average molecular weight is 264 g/mol. The Morgan fingerprint density at radius 2 is 2.05 bits per heavy atom. The SMILES string of the molecule is CN(Cc1ccccc1O)C(=O)C1(N)CCOCC1. The van der Waals surface area contributed by atoms with Crippen molar-refractivity contribution in [1.29, 1.82) is 0 Å².